The van der Waals surface area contributed by atoms with Gasteiger partial charge in [-0.1, -0.05) is 11.6 Å². The van der Waals surface area contributed by atoms with Gasteiger partial charge in [0.2, 0.25) is 0 Å². The predicted octanol–water partition coefficient (Wildman–Crippen LogP) is 1.43. The van der Waals surface area contributed by atoms with Crippen molar-refractivity contribution >= 4 is 17.5 Å². The molecule has 1 N–H and O–H groups in total. The highest BCUT2D eigenvalue weighted by Gasteiger charge is 2.14. The van der Waals surface area contributed by atoms with E-state index in [4.69, 9.17) is 11.6 Å². The van der Waals surface area contributed by atoms with Crippen LogP contribution in [0.1, 0.15) is 16.2 Å². The monoisotopic (exact) mass is 235 g/mol. The Morgan fingerprint density at radius 1 is 1.60 bits per heavy atom. The summed E-state index contributed by atoms with van der Waals surface area (Å²) in [6, 6.07) is 1.44. The van der Waals surface area contributed by atoms with Gasteiger partial charge >= 0.3 is 0 Å². The molecular weight excluding hydrogens is 228 g/mol. The van der Waals surface area contributed by atoms with Crippen molar-refractivity contribution in [2.45, 2.75) is 13.3 Å². The van der Waals surface area contributed by atoms with Crippen molar-refractivity contribution in [2.24, 2.45) is 0 Å². The molecule has 0 aliphatic carbocycles. The summed E-state index contributed by atoms with van der Waals surface area (Å²) in [7, 11) is 0. The Morgan fingerprint density at radius 2 is 2.27 bits per heavy atom. The van der Waals surface area contributed by atoms with Gasteiger partial charge in [0, 0.05) is 0 Å². The molecule has 0 saturated heterocycles. The number of alkyl halides is 2. The molecule has 0 fully saturated rings. The summed E-state index contributed by atoms with van der Waals surface area (Å²) < 4.78 is 23.6. The van der Waals surface area contributed by atoms with E-state index in [-0.39, 0.29) is 10.7 Å². The van der Waals surface area contributed by atoms with E-state index in [0.717, 1.165) is 0 Å². The molecule has 0 atom stereocenters. The molecule has 4 nitrogen and oxygen atoms in total. The van der Waals surface area contributed by atoms with Crippen LogP contribution >= 0.6 is 11.6 Å². The Bertz CT molecular complexity index is 373. The Balaban J connectivity index is 2.74. The summed E-state index contributed by atoms with van der Waals surface area (Å²) in [4.78, 5) is 11.2. The van der Waals surface area contributed by atoms with Gasteiger partial charge in [0.25, 0.3) is 12.3 Å². The number of halogens is 3. The first-order valence-electron chi connectivity index (χ1n) is 4.07. The van der Waals surface area contributed by atoms with Crippen LogP contribution in [0.4, 0.5) is 8.78 Å². The van der Waals surface area contributed by atoms with Gasteiger partial charge in [0.05, 0.1) is 17.3 Å². The van der Waals surface area contributed by atoms with E-state index in [9.17, 15) is 13.6 Å². The van der Waals surface area contributed by atoms with E-state index in [0.29, 0.717) is 5.69 Å². The van der Waals surface area contributed by atoms with Crippen molar-refractivity contribution in [3.05, 3.63) is 22.5 Å². The largest absolute Gasteiger partial charge is 0.345 e. The molecule has 0 aliphatic heterocycles. The first-order valence-corrected chi connectivity index (χ1v) is 4.44. The lowest BCUT2D eigenvalue weighted by molar-refractivity contribution is 0.0886. The van der Waals surface area contributed by atoms with E-state index >= 15 is 0 Å². The molecule has 7 heteroatoms. The maximum Gasteiger partial charge on any atom is 0.273 e. The summed E-state index contributed by atoms with van der Waals surface area (Å²) in [5.41, 5.74) is 0.397. The summed E-state index contributed by atoms with van der Waals surface area (Å²) >= 11 is 5.69. The number of aryl methyl sites for hydroxylation is 1. The van der Waals surface area contributed by atoms with Crippen LogP contribution in [0, 0.1) is 6.92 Å². The first kappa shape index (κ1) is 11.8. The van der Waals surface area contributed by atoms with Crippen molar-refractivity contribution in [3.63, 3.8) is 0 Å². The van der Waals surface area contributed by atoms with Crippen LogP contribution < -0.4 is 5.32 Å². The van der Waals surface area contributed by atoms with Gasteiger partial charge < -0.3 is 5.32 Å². The number of nitrogens with zero attached hydrogens (tertiary/aromatic N) is 2. The number of carbonyl (C=O) groups is 1. The highest BCUT2D eigenvalue weighted by molar-refractivity contribution is 6.33. The normalized spacial score (nSPS) is 10.5. The lowest BCUT2D eigenvalue weighted by Crippen LogP contribution is -2.29. The van der Waals surface area contributed by atoms with Crippen molar-refractivity contribution < 1.29 is 13.6 Å². The highest BCUT2D eigenvalue weighted by atomic mass is 35.5. The number of amides is 1. The summed E-state index contributed by atoms with van der Waals surface area (Å²) in [6.07, 6.45) is -2.61. The van der Waals surface area contributed by atoms with Crippen LogP contribution in [-0.4, -0.2) is 29.1 Å². The van der Waals surface area contributed by atoms with Gasteiger partial charge in [0.15, 0.2) is 5.69 Å². The minimum atomic E-state index is -2.61. The van der Waals surface area contributed by atoms with Crippen molar-refractivity contribution in [1.29, 1.82) is 0 Å². The van der Waals surface area contributed by atoms with Gasteiger partial charge in [-0.2, -0.15) is 5.10 Å². The Hall–Kier alpha value is -1.30. The fourth-order valence-electron chi connectivity index (χ4n) is 0.865. The zero-order valence-corrected chi connectivity index (χ0v) is 8.55. The van der Waals surface area contributed by atoms with Gasteiger partial charge in [-0.25, -0.2) is 8.78 Å². The van der Waals surface area contributed by atoms with E-state index in [1.807, 2.05) is 5.32 Å². The summed E-state index contributed by atoms with van der Waals surface area (Å²) in [5.74, 6) is -0.757. The molecule has 1 aromatic rings. The second-order valence-electron chi connectivity index (χ2n) is 2.78. The standard InChI is InChI=1S/C8H8ClF2N3O/c1-4-2-5(9)7(14-13-4)8(15)12-3-6(10)11/h2,6H,3H2,1H3,(H,12,15). The van der Waals surface area contributed by atoms with Crippen LogP contribution in [0.3, 0.4) is 0 Å². The molecule has 0 bridgehead atoms. The molecular formula is C8H8ClF2N3O. The predicted molar refractivity (Wildman–Crippen MR) is 50.1 cm³/mol. The maximum atomic E-state index is 11.8. The molecule has 1 heterocycles. The van der Waals surface area contributed by atoms with E-state index < -0.39 is 18.9 Å². The molecule has 0 unspecified atom stereocenters. The third-order valence-electron chi connectivity index (χ3n) is 1.50. The lowest BCUT2D eigenvalue weighted by Gasteiger charge is -2.04. The summed E-state index contributed by atoms with van der Waals surface area (Å²) in [6.45, 7) is 0.921. The molecule has 0 radical (unpaired) electrons. The minimum absolute atomic E-state index is 0.0919. The molecule has 15 heavy (non-hydrogen) atoms. The van der Waals surface area contributed by atoms with Gasteiger partial charge in [0.1, 0.15) is 0 Å². The average molecular weight is 236 g/mol. The lowest BCUT2D eigenvalue weighted by atomic mass is 10.3. The Labute approximate surface area is 89.6 Å². The minimum Gasteiger partial charge on any atom is -0.345 e. The van der Waals surface area contributed by atoms with Crippen LogP contribution in [0.5, 0.6) is 0 Å². The quantitative estimate of drug-likeness (QED) is 0.862. The smallest absolute Gasteiger partial charge is 0.273 e. The zero-order valence-electron chi connectivity index (χ0n) is 7.80. The molecule has 0 saturated carbocycles. The fourth-order valence-corrected chi connectivity index (χ4v) is 1.15. The number of nitrogens with one attached hydrogen (secondary N) is 1. The molecule has 1 amide bonds. The maximum absolute atomic E-state index is 11.8. The molecule has 1 rings (SSSR count). The average Bonchev–Trinajstić information content (AvgIpc) is 2.14. The molecule has 0 aromatic carbocycles. The second kappa shape index (κ2) is 4.97. The summed E-state index contributed by atoms with van der Waals surface area (Å²) in [5, 5.41) is 9.20. The molecule has 82 valence electrons. The zero-order chi connectivity index (χ0) is 11.4. The van der Waals surface area contributed by atoms with Crippen LogP contribution in [-0.2, 0) is 0 Å². The Morgan fingerprint density at radius 3 is 2.80 bits per heavy atom. The number of carbonyl (C=O) groups excluding carboxylic acids is 1. The molecule has 0 aliphatic rings. The Kier molecular flexibility index (Phi) is 3.90. The van der Waals surface area contributed by atoms with E-state index in [1.54, 1.807) is 6.92 Å². The van der Waals surface area contributed by atoms with E-state index in [1.165, 1.54) is 6.07 Å². The SMILES string of the molecule is Cc1cc(Cl)c(C(=O)NCC(F)F)nn1. The van der Waals surface area contributed by atoms with E-state index in [2.05, 4.69) is 10.2 Å². The first-order chi connectivity index (χ1) is 7.00. The number of aromatic nitrogens is 2. The van der Waals surface area contributed by atoms with Crippen molar-refractivity contribution in [1.82, 2.24) is 15.5 Å². The fraction of sp³-hybridized carbons (Fsp3) is 0.375. The van der Waals surface area contributed by atoms with Crippen LogP contribution in [0.2, 0.25) is 5.02 Å². The molecule has 0 spiro atoms. The molecule has 1 aromatic heterocycles. The van der Waals surface area contributed by atoms with Gasteiger partial charge in [-0.05, 0) is 13.0 Å². The number of hydrogen-bond donors (Lipinski definition) is 1. The van der Waals surface area contributed by atoms with Crippen LogP contribution in [0.15, 0.2) is 6.07 Å². The number of rotatable bonds is 3. The van der Waals surface area contributed by atoms with Gasteiger partial charge in [-0.3, -0.25) is 4.79 Å². The van der Waals surface area contributed by atoms with Crippen molar-refractivity contribution in [3.8, 4) is 0 Å². The third-order valence-corrected chi connectivity index (χ3v) is 1.79. The highest BCUT2D eigenvalue weighted by Crippen LogP contribution is 2.12. The number of hydrogen-bond acceptors (Lipinski definition) is 3. The topological polar surface area (TPSA) is 54.9 Å². The van der Waals surface area contributed by atoms with Gasteiger partial charge in [-0.15, -0.1) is 5.10 Å². The third kappa shape index (κ3) is 3.39. The second-order valence-corrected chi connectivity index (χ2v) is 3.19. The van der Waals surface area contributed by atoms with Crippen LogP contribution in [0.25, 0.3) is 0 Å². The van der Waals surface area contributed by atoms with Crippen molar-refractivity contribution in [2.75, 3.05) is 6.54 Å².